The molecule has 2 fully saturated rings. The second-order valence-electron chi connectivity index (χ2n) is 12.8. The predicted octanol–water partition coefficient (Wildman–Crippen LogP) is 0.737. The molecule has 42 heavy (non-hydrogen) atoms. The molecular weight excluding hydrogens is 544 g/mol. The zero-order valence-corrected chi connectivity index (χ0v) is 27.1. The zero-order chi connectivity index (χ0) is 31.8. The van der Waals surface area contributed by atoms with E-state index in [1.165, 1.54) is 0 Å². The van der Waals surface area contributed by atoms with Crippen LogP contribution in [0.5, 0.6) is 0 Å². The van der Waals surface area contributed by atoms with Gasteiger partial charge in [-0.25, -0.2) is 0 Å². The van der Waals surface area contributed by atoms with Crippen LogP contribution in [0.1, 0.15) is 67.2 Å². The minimum atomic E-state index is -1.44. The number of hydrogen-bond donors (Lipinski definition) is 4. The number of rotatable bonds is 9. The van der Waals surface area contributed by atoms with E-state index in [0.29, 0.717) is 39.0 Å². The molecule has 0 unspecified atom stereocenters. The molecule has 0 bridgehead atoms. The number of hydrogen-bond acceptors (Lipinski definition) is 9. The molecule has 2 aliphatic heterocycles. The Labute approximate surface area is 251 Å². The maximum Gasteiger partial charge on any atom is 0.241 e. The standard InChI is InChI=1S/C30H56N4O8/c1-10-23(35)31-12-11-13-40-26-22(33(7)8)14-19(3)41-29(26)42-27-20(4)25(37)21(5)28(38)32-16-24(36)34(9)17-18(2)15-30(27,6)39/h18-22,25-27,29,37,39H,10-17H2,1-9H3,(H,31,35)(H,32,38)/t18-,19-,20+,21-,22+,25+,26-,27-,29+,30-/m1/s1. The summed E-state index contributed by atoms with van der Waals surface area (Å²) in [6.45, 7) is 11.8. The van der Waals surface area contributed by atoms with Gasteiger partial charge in [0.15, 0.2) is 6.29 Å². The summed E-state index contributed by atoms with van der Waals surface area (Å²) in [7, 11) is 5.61. The van der Waals surface area contributed by atoms with Crippen molar-refractivity contribution in [2.24, 2.45) is 17.8 Å². The van der Waals surface area contributed by atoms with Crippen molar-refractivity contribution in [2.75, 3.05) is 47.4 Å². The van der Waals surface area contributed by atoms with E-state index >= 15 is 0 Å². The van der Waals surface area contributed by atoms with Crippen LogP contribution >= 0.6 is 0 Å². The molecule has 2 rings (SSSR count). The Morgan fingerprint density at radius 1 is 1.24 bits per heavy atom. The molecule has 10 atom stereocenters. The molecule has 12 nitrogen and oxygen atoms in total. The van der Waals surface area contributed by atoms with Crippen molar-refractivity contribution in [1.29, 1.82) is 0 Å². The van der Waals surface area contributed by atoms with E-state index in [0.717, 1.165) is 0 Å². The number of nitrogens with one attached hydrogen (secondary N) is 2. The Morgan fingerprint density at radius 3 is 2.52 bits per heavy atom. The highest BCUT2D eigenvalue weighted by atomic mass is 16.7. The largest absolute Gasteiger partial charge is 0.392 e. The summed E-state index contributed by atoms with van der Waals surface area (Å²) >= 11 is 0. The highest BCUT2D eigenvalue weighted by Crippen LogP contribution is 2.36. The summed E-state index contributed by atoms with van der Waals surface area (Å²) in [5, 5.41) is 28.8. The number of carbonyl (C=O) groups excluding carboxylic acids is 3. The van der Waals surface area contributed by atoms with Gasteiger partial charge in [-0.15, -0.1) is 0 Å². The Morgan fingerprint density at radius 2 is 1.90 bits per heavy atom. The molecule has 4 N–H and O–H groups in total. The molecule has 0 radical (unpaired) electrons. The molecule has 12 heteroatoms. The number of aliphatic hydroxyl groups is 2. The van der Waals surface area contributed by atoms with Gasteiger partial charge in [0, 0.05) is 45.1 Å². The second kappa shape index (κ2) is 16.3. The number of amides is 3. The third kappa shape index (κ3) is 10.1. The Bertz CT molecular complexity index is 887. The van der Waals surface area contributed by atoms with Crippen LogP contribution in [0.2, 0.25) is 0 Å². The summed E-state index contributed by atoms with van der Waals surface area (Å²) in [6, 6.07) is -0.0489. The van der Waals surface area contributed by atoms with Gasteiger partial charge in [0.2, 0.25) is 17.7 Å². The first-order chi connectivity index (χ1) is 19.6. The minimum absolute atomic E-state index is 0.0158. The Balaban J connectivity index is 2.38. The van der Waals surface area contributed by atoms with Crippen LogP contribution < -0.4 is 10.6 Å². The van der Waals surface area contributed by atoms with Crippen molar-refractivity contribution in [3.8, 4) is 0 Å². The lowest BCUT2D eigenvalue weighted by Crippen LogP contribution is -2.60. The third-order valence-corrected chi connectivity index (χ3v) is 8.55. The van der Waals surface area contributed by atoms with Crippen molar-refractivity contribution in [2.45, 2.75) is 110 Å². The molecule has 0 saturated carbocycles. The van der Waals surface area contributed by atoms with Crippen molar-refractivity contribution >= 4 is 17.7 Å². The Kier molecular flexibility index (Phi) is 14.1. The molecule has 244 valence electrons. The smallest absolute Gasteiger partial charge is 0.241 e. The van der Waals surface area contributed by atoms with E-state index in [2.05, 4.69) is 15.5 Å². The lowest BCUT2D eigenvalue weighted by molar-refractivity contribution is -0.306. The number of nitrogens with zero attached hydrogens (tertiary/aromatic N) is 2. The fraction of sp³-hybridized carbons (Fsp3) is 0.900. The first kappa shape index (κ1) is 36.4. The maximum atomic E-state index is 12.9. The van der Waals surface area contributed by atoms with Crippen molar-refractivity contribution < 1.29 is 38.8 Å². The average Bonchev–Trinajstić information content (AvgIpc) is 2.92. The average molecular weight is 601 g/mol. The van der Waals surface area contributed by atoms with E-state index < -0.39 is 47.9 Å². The number of aliphatic hydroxyl groups excluding tert-OH is 1. The highest BCUT2D eigenvalue weighted by Gasteiger charge is 2.48. The van der Waals surface area contributed by atoms with E-state index in [9.17, 15) is 24.6 Å². The molecule has 2 saturated heterocycles. The summed E-state index contributed by atoms with van der Waals surface area (Å²) < 4.78 is 19.3. The molecular formula is C30H56N4O8. The summed E-state index contributed by atoms with van der Waals surface area (Å²) in [4.78, 5) is 40.7. The van der Waals surface area contributed by atoms with Gasteiger partial charge < -0.3 is 44.9 Å². The molecule has 0 aliphatic carbocycles. The monoisotopic (exact) mass is 600 g/mol. The van der Waals surface area contributed by atoms with Crippen molar-refractivity contribution in [1.82, 2.24) is 20.4 Å². The first-order valence-electron chi connectivity index (χ1n) is 15.4. The van der Waals surface area contributed by atoms with Crippen LogP contribution in [0.25, 0.3) is 0 Å². The zero-order valence-electron chi connectivity index (χ0n) is 27.1. The molecule has 3 amide bonds. The summed E-state index contributed by atoms with van der Waals surface area (Å²) in [5.41, 5.74) is -1.44. The lowest BCUT2D eigenvalue weighted by Gasteiger charge is -2.47. The quantitative estimate of drug-likeness (QED) is 0.281. The fourth-order valence-electron chi connectivity index (χ4n) is 6.15. The van der Waals surface area contributed by atoms with Gasteiger partial charge >= 0.3 is 0 Å². The summed E-state index contributed by atoms with van der Waals surface area (Å²) in [5.74, 6) is -2.35. The van der Waals surface area contributed by atoms with Gasteiger partial charge in [-0.05, 0) is 53.1 Å². The van der Waals surface area contributed by atoms with E-state index in [4.69, 9.17) is 14.2 Å². The number of carbonyl (C=O) groups is 3. The van der Waals surface area contributed by atoms with Gasteiger partial charge in [-0.3, -0.25) is 14.4 Å². The molecule has 0 spiro atoms. The van der Waals surface area contributed by atoms with Crippen LogP contribution in [-0.4, -0.2) is 127 Å². The van der Waals surface area contributed by atoms with Gasteiger partial charge in [0.25, 0.3) is 0 Å². The number of ether oxygens (including phenoxy) is 3. The lowest BCUT2D eigenvalue weighted by atomic mass is 9.78. The van der Waals surface area contributed by atoms with Crippen LogP contribution in [0, 0.1) is 17.8 Å². The molecule has 2 heterocycles. The van der Waals surface area contributed by atoms with E-state index in [1.807, 2.05) is 27.9 Å². The minimum Gasteiger partial charge on any atom is -0.392 e. The van der Waals surface area contributed by atoms with Crippen LogP contribution in [0.4, 0.5) is 0 Å². The molecule has 0 aromatic heterocycles. The third-order valence-electron chi connectivity index (χ3n) is 8.55. The second-order valence-corrected chi connectivity index (χ2v) is 12.8. The maximum absolute atomic E-state index is 12.9. The Hall–Kier alpha value is -1.83. The first-order valence-corrected chi connectivity index (χ1v) is 15.4. The highest BCUT2D eigenvalue weighted by molar-refractivity contribution is 5.85. The SMILES string of the molecule is CCC(=O)NCCCO[C@H]1[C@H](O[C@@H]2[C@@H](C)[C@H](O)[C@@H](C)C(=O)NCC(=O)N(C)C[C@H](C)C[C@@]2(C)O)O[C@H](C)C[C@@H]1N(C)C. The topological polar surface area (TPSA) is 150 Å². The number of likely N-dealkylation sites (N-methyl/N-ethyl adjacent to an activating group) is 2. The van der Waals surface area contributed by atoms with E-state index in [-0.39, 0.29) is 42.8 Å². The van der Waals surface area contributed by atoms with Crippen LogP contribution in [0.3, 0.4) is 0 Å². The van der Waals surface area contributed by atoms with Crippen LogP contribution in [-0.2, 0) is 28.6 Å². The van der Waals surface area contributed by atoms with Gasteiger partial charge in [0.1, 0.15) is 6.10 Å². The summed E-state index contributed by atoms with van der Waals surface area (Å²) in [6.07, 6.45) is -1.61. The molecule has 0 aromatic rings. The van der Waals surface area contributed by atoms with Gasteiger partial charge in [-0.1, -0.05) is 27.7 Å². The fourth-order valence-corrected chi connectivity index (χ4v) is 6.15. The predicted molar refractivity (Wildman–Crippen MR) is 158 cm³/mol. The molecule has 2 aliphatic rings. The van der Waals surface area contributed by atoms with Crippen molar-refractivity contribution in [3.63, 3.8) is 0 Å². The van der Waals surface area contributed by atoms with Crippen molar-refractivity contribution in [3.05, 3.63) is 0 Å². The van der Waals surface area contributed by atoms with Gasteiger partial charge in [-0.2, -0.15) is 0 Å². The van der Waals surface area contributed by atoms with Gasteiger partial charge in [0.05, 0.1) is 36.4 Å². The van der Waals surface area contributed by atoms with Crippen LogP contribution in [0.15, 0.2) is 0 Å². The molecule has 0 aromatic carbocycles. The normalized spacial score (nSPS) is 37.4. The van der Waals surface area contributed by atoms with E-state index in [1.54, 1.807) is 39.6 Å².